The Balaban J connectivity index is 1.49. The normalized spacial score (nSPS) is 12.2. The standard InChI is InChI=1S/C21H20N2O4/c1-15(20-12-16-6-2-3-9-19(16)27-20)22-21(24)23(13-17-7-4-10-25-17)14-18-8-5-11-26-18/h2-12,15H,13-14H2,1H3,(H,22,24). The molecule has 0 aliphatic rings. The summed E-state index contributed by atoms with van der Waals surface area (Å²) in [7, 11) is 0. The zero-order valence-electron chi connectivity index (χ0n) is 14.9. The van der Waals surface area contributed by atoms with E-state index in [-0.39, 0.29) is 12.1 Å². The number of carbonyl (C=O) groups is 1. The lowest BCUT2D eigenvalue weighted by Gasteiger charge is -2.23. The van der Waals surface area contributed by atoms with Crippen molar-refractivity contribution < 1.29 is 18.0 Å². The number of amides is 2. The molecular weight excluding hydrogens is 344 g/mol. The molecule has 6 heteroatoms. The zero-order chi connectivity index (χ0) is 18.6. The van der Waals surface area contributed by atoms with Gasteiger partial charge in [0, 0.05) is 5.39 Å². The van der Waals surface area contributed by atoms with Gasteiger partial charge in [0.05, 0.1) is 31.7 Å². The Hall–Kier alpha value is -3.41. The lowest BCUT2D eigenvalue weighted by atomic mass is 10.2. The van der Waals surface area contributed by atoms with E-state index in [0.717, 1.165) is 11.0 Å². The molecule has 1 unspecified atom stereocenters. The third-order valence-electron chi connectivity index (χ3n) is 4.35. The molecule has 4 aromatic rings. The SMILES string of the molecule is CC(NC(=O)N(Cc1ccco1)Cc1ccco1)c1cc2ccccc2o1. The van der Waals surface area contributed by atoms with Crippen LogP contribution in [0.25, 0.3) is 11.0 Å². The Morgan fingerprint density at radius 1 is 1.00 bits per heavy atom. The van der Waals surface area contributed by atoms with Crippen LogP contribution in [0, 0.1) is 0 Å². The summed E-state index contributed by atoms with van der Waals surface area (Å²) in [6, 6.07) is 16.5. The van der Waals surface area contributed by atoms with E-state index in [9.17, 15) is 4.79 Å². The third-order valence-corrected chi connectivity index (χ3v) is 4.35. The molecule has 0 saturated heterocycles. The highest BCUT2D eigenvalue weighted by Gasteiger charge is 2.21. The molecule has 27 heavy (non-hydrogen) atoms. The summed E-state index contributed by atoms with van der Waals surface area (Å²) in [6.07, 6.45) is 3.19. The quantitative estimate of drug-likeness (QED) is 0.517. The zero-order valence-corrected chi connectivity index (χ0v) is 14.9. The van der Waals surface area contributed by atoms with Crippen molar-refractivity contribution in [1.29, 1.82) is 0 Å². The summed E-state index contributed by atoms with van der Waals surface area (Å²) in [5.74, 6) is 2.11. The van der Waals surface area contributed by atoms with Crippen LogP contribution in [0.5, 0.6) is 0 Å². The summed E-state index contributed by atoms with van der Waals surface area (Å²) in [4.78, 5) is 14.5. The second-order valence-corrected chi connectivity index (χ2v) is 6.37. The molecule has 1 aromatic carbocycles. The summed E-state index contributed by atoms with van der Waals surface area (Å²) in [5, 5.41) is 4.00. The first-order valence-electron chi connectivity index (χ1n) is 8.78. The van der Waals surface area contributed by atoms with Gasteiger partial charge in [0.15, 0.2) is 0 Å². The molecule has 3 aromatic heterocycles. The molecule has 2 amide bonds. The molecule has 0 spiro atoms. The molecular formula is C21H20N2O4. The third kappa shape index (κ3) is 3.89. The minimum absolute atomic E-state index is 0.226. The number of nitrogens with one attached hydrogen (secondary N) is 1. The molecule has 0 saturated carbocycles. The Morgan fingerprint density at radius 2 is 1.67 bits per heavy atom. The highest BCUT2D eigenvalue weighted by atomic mass is 16.3. The molecule has 0 radical (unpaired) electrons. The molecule has 0 bridgehead atoms. The number of fused-ring (bicyclic) bond motifs is 1. The topological polar surface area (TPSA) is 71.8 Å². The van der Waals surface area contributed by atoms with Gasteiger partial charge in [-0.2, -0.15) is 0 Å². The minimum atomic E-state index is -0.277. The summed E-state index contributed by atoms with van der Waals surface area (Å²) in [5.41, 5.74) is 0.802. The monoisotopic (exact) mass is 364 g/mol. The molecule has 3 heterocycles. The molecule has 0 aliphatic carbocycles. The van der Waals surface area contributed by atoms with Crippen LogP contribution in [-0.2, 0) is 13.1 Å². The van der Waals surface area contributed by atoms with Crippen LogP contribution < -0.4 is 5.32 Å². The number of hydrogen-bond acceptors (Lipinski definition) is 4. The molecule has 6 nitrogen and oxygen atoms in total. The van der Waals surface area contributed by atoms with E-state index in [1.165, 1.54) is 0 Å². The van der Waals surface area contributed by atoms with Gasteiger partial charge in [-0.15, -0.1) is 0 Å². The van der Waals surface area contributed by atoms with Gasteiger partial charge in [0.1, 0.15) is 22.9 Å². The van der Waals surface area contributed by atoms with E-state index in [2.05, 4.69) is 5.32 Å². The van der Waals surface area contributed by atoms with Crippen LogP contribution in [0.15, 0.2) is 80.4 Å². The van der Waals surface area contributed by atoms with Crippen molar-refractivity contribution in [2.75, 3.05) is 0 Å². The lowest BCUT2D eigenvalue weighted by molar-refractivity contribution is 0.178. The van der Waals surface area contributed by atoms with Crippen LogP contribution in [0.3, 0.4) is 0 Å². The molecule has 0 aliphatic heterocycles. The van der Waals surface area contributed by atoms with Crippen LogP contribution >= 0.6 is 0 Å². The average Bonchev–Trinajstić information content (AvgIpc) is 3.42. The number of carbonyl (C=O) groups excluding carboxylic acids is 1. The predicted octanol–water partition coefficient (Wildman–Crippen LogP) is 5.09. The van der Waals surface area contributed by atoms with Gasteiger partial charge in [-0.1, -0.05) is 18.2 Å². The van der Waals surface area contributed by atoms with E-state index in [4.69, 9.17) is 13.3 Å². The first kappa shape index (κ1) is 17.0. The van der Waals surface area contributed by atoms with Gasteiger partial charge >= 0.3 is 6.03 Å². The largest absolute Gasteiger partial charge is 0.467 e. The molecule has 1 atom stereocenters. The van der Waals surface area contributed by atoms with Crippen LogP contribution in [0.1, 0.15) is 30.2 Å². The molecule has 138 valence electrons. The van der Waals surface area contributed by atoms with Gasteiger partial charge in [-0.3, -0.25) is 0 Å². The van der Waals surface area contributed by atoms with Crippen molar-refractivity contribution >= 4 is 17.0 Å². The fourth-order valence-electron chi connectivity index (χ4n) is 2.94. The van der Waals surface area contributed by atoms with Gasteiger partial charge in [-0.25, -0.2) is 4.79 Å². The maximum absolute atomic E-state index is 12.9. The van der Waals surface area contributed by atoms with Gasteiger partial charge in [0.25, 0.3) is 0 Å². The van der Waals surface area contributed by atoms with Crippen molar-refractivity contribution in [3.05, 3.63) is 84.4 Å². The van der Waals surface area contributed by atoms with Crippen LogP contribution in [-0.4, -0.2) is 10.9 Å². The highest BCUT2D eigenvalue weighted by molar-refractivity contribution is 5.78. The van der Waals surface area contributed by atoms with E-state index in [0.29, 0.717) is 30.4 Å². The van der Waals surface area contributed by atoms with Gasteiger partial charge < -0.3 is 23.5 Å². The second-order valence-electron chi connectivity index (χ2n) is 6.37. The fraction of sp³-hybridized carbons (Fsp3) is 0.190. The Kier molecular flexibility index (Phi) is 4.70. The first-order chi connectivity index (χ1) is 13.2. The van der Waals surface area contributed by atoms with Crippen LogP contribution in [0.4, 0.5) is 4.79 Å². The van der Waals surface area contributed by atoms with E-state index in [1.54, 1.807) is 29.6 Å². The molecule has 4 rings (SSSR count). The summed E-state index contributed by atoms with van der Waals surface area (Å²) in [6.45, 7) is 2.58. The minimum Gasteiger partial charge on any atom is -0.467 e. The number of urea groups is 1. The van der Waals surface area contributed by atoms with Crippen molar-refractivity contribution in [2.24, 2.45) is 0 Å². The Bertz CT molecular complexity index is 933. The van der Waals surface area contributed by atoms with Crippen molar-refractivity contribution in [3.8, 4) is 0 Å². The average molecular weight is 364 g/mol. The van der Waals surface area contributed by atoms with E-state index < -0.39 is 0 Å². The maximum atomic E-state index is 12.9. The van der Waals surface area contributed by atoms with Crippen molar-refractivity contribution in [1.82, 2.24) is 10.2 Å². The molecule has 1 N–H and O–H groups in total. The summed E-state index contributed by atoms with van der Waals surface area (Å²) >= 11 is 0. The van der Waals surface area contributed by atoms with Crippen LogP contribution in [0.2, 0.25) is 0 Å². The number of nitrogens with zero attached hydrogens (tertiary/aromatic N) is 1. The van der Waals surface area contributed by atoms with Crippen molar-refractivity contribution in [2.45, 2.75) is 26.1 Å². The summed E-state index contributed by atoms with van der Waals surface area (Å²) < 4.78 is 16.6. The van der Waals surface area contributed by atoms with E-state index in [1.807, 2.05) is 49.4 Å². The lowest BCUT2D eigenvalue weighted by Crippen LogP contribution is -2.40. The number of hydrogen-bond donors (Lipinski definition) is 1. The second kappa shape index (κ2) is 7.45. The first-order valence-corrected chi connectivity index (χ1v) is 8.78. The smallest absolute Gasteiger partial charge is 0.318 e. The number of para-hydroxylation sites is 1. The fourth-order valence-corrected chi connectivity index (χ4v) is 2.94. The molecule has 0 fully saturated rings. The highest BCUT2D eigenvalue weighted by Crippen LogP contribution is 2.24. The van der Waals surface area contributed by atoms with Gasteiger partial charge in [0.2, 0.25) is 0 Å². The predicted molar refractivity (Wildman–Crippen MR) is 99.8 cm³/mol. The van der Waals surface area contributed by atoms with E-state index >= 15 is 0 Å². The number of benzene rings is 1. The Morgan fingerprint density at radius 3 is 2.26 bits per heavy atom. The van der Waals surface area contributed by atoms with Gasteiger partial charge in [-0.05, 0) is 43.3 Å². The number of rotatable bonds is 6. The maximum Gasteiger partial charge on any atom is 0.318 e. The van der Waals surface area contributed by atoms with Crippen molar-refractivity contribution in [3.63, 3.8) is 0 Å². The number of furan rings is 3. The Labute approximate surface area is 156 Å².